The number of allylic oxidation sites excluding steroid dienone is 1. The second-order valence-electron chi connectivity index (χ2n) is 3.54. The molecule has 0 aliphatic heterocycles. The molecule has 0 unspecified atom stereocenters. The van der Waals surface area contributed by atoms with E-state index in [1.165, 1.54) is 0 Å². The molecule has 72 valence electrons. The average molecular weight is 187 g/mol. The number of amides is 1. The van der Waals surface area contributed by atoms with Gasteiger partial charge in [0.25, 0.3) is 0 Å². The Morgan fingerprint density at radius 1 is 1.14 bits per heavy atom. The van der Waals surface area contributed by atoms with Crippen LogP contribution in [-0.2, 0) is 4.79 Å². The molecular formula is C12H13NO. The number of primary amides is 1. The molecule has 0 radical (unpaired) electrons. The number of nitrogens with two attached hydrogens (primary N) is 1. The van der Waals surface area contributed by atoms with Gasteiger partial charge in [-0.3, -0.25) is 4.79 Å². The van der Waals surface area contributed by atoms with E-state index in [0.29, 0.717) is 0 Å². The molecule has 0 heterocycles. The molecule has 14 heavy (non-hydrogen) atoms. The van der Waals surface area contributed by atoms with E-state index in [-0.39, 0.29) is 5.91 Å². The molecule has 1 aliphatic carbocycles. The summed E-state index contributed by atoms with van der Waals surface area (Å²) in [6.45, 7) is 0. The van der Waals surface area contributed by atoms with Crippen molar-refractivity contribution in [2.24, 2.45) is 5.73 Å². The summed E-state index contributed by atoms with van der Waals surface area (Å²) in [4.78, 5) is 11.1. The van der Waals surface area contributed by atoms with Crippen LogP contribution in [0.15, 0.2) is 35.9 Å². The van der Waals surface area contributed by atoms with Crippen LogP contribution < -0.4 is 5.73 Å². The molecule has 0 spiro atoms. The highest BCUT2D eigenvalue weighted by molar-refractivity contribution is 6.01. The van der Waals surface area contributed by atoms with E-state index in [9.17, 15) is 4.79 Å². The van der Waals surface area contributed by atoms with Gasteiger partial charge in [-0.2, -0.15) is 0 Å². The van der Waals surface area contributed by atoms with Gasteiger partial charge in [-0.1, -0.05) is 30.3 Å². The lowest BCUT2D eigenvalue weighted by atomic mass is 10.0. The lowest BCUT2D eigenvalue weighted by Crippen LogP contribution is -2.13. The minimum absolute atomic E-state index is 0.263. The minimum Gasteiger partial charge on any atom is -0.366 e. The van der Waals surface area contributed by atoms with Crippen LogP contribution in [0.3, 0.4) is 0 Å². The van der Waals surface area contributed by atoms with Crippen molar-refractivity contribution < 1.29 is 4.79 Å². The van der Waals surface area contributed by atoms with E-state index < -0.39 is 0 Å². The molecule has 0 fully saturated rings. The number of rotatable bonds is 2. The molecule has 2 heteroatoms. The second kappa shape index (κ2) is 3.66. The fourth-order valence-corrected chi connectivity index (χ4v) is 1.97. The second-order valence-corrected chi connectivity index (χ2v) is 3.54. The van der Waals surface area contributed by atoms with Crippen LogP contribution in [0.4, 0.5) is 0 Å². The SMILES string of the molecule is NC(=O)C1=C(c2ccccc2)CCC1. The zero-order valence-electron chi connectivity index (χ0n) is 7.99. The van der Waals surface area contributed by atoms with Crippen LogP contribution in [0.5, 0.6) is 0 Å². The summed E-state index contributed by atoms with van der Waals surface area (Å²) in [5.74, 6) is -0.263. The number of carbonyl (C=O) groups is 1. The molecule has 2 nitrogen and oxygen atoms in total. The van der Waals surface area contributed by atoms with Crippen LogP contribution in [0.1, 0.15) is 24.8 Å². The fourth-order valence-electron chi connectivity index (χ4n) is 1.97. The Hall–Kier alpha value is -1.57. The third-order valence-corrected chi connectivity index (χ3v) is 2.64. The van der Waals surface area contributed by atoms with Crippen LogP contribution in [0.25, 0.3) is 5.57 Å². The van der Waals surface area contributed by atoms with Gasteiger partial charge < -0.3 is 5.73 Å². The maximum atomic E-state index is 11.1. The average Bonchev–Trinajstić information content (AvgIpc) is 2.67. The van der Waals surface area contributed by atoms with Gasteiger partial charge in [0.15, 0.2) is 0 Å². The van der Waals surface area contributed by atoms with Crippen molar-refractivity contribution in [2.75, 3.05) is 0 Å². The van der Waals surface area contributed by atoms with E-state index in [1.54, 1.807) is 0 Å². The first-order valence-corrected chi connectivity index (χ1v) is 4.86. The Morgan fingerprint density at radius 3 is 2.50 bits per heavy atom. The largest absolute Gasteiger partial charge is 0.366 e. The number of benzene rings is 1. The molecule has 2 rings (SSSR count). The highest BCUT2D eigenvalue weighted by atomic mass is 16.1. The molecule has 1 aromatic rings. The quantitative estimate of drug-likeness (QED) is 0.757. The monoisotopic (exact) mass is 187 g/mol. The maximum absolute atomic E-state index is 11.1. The fraction of sp³-hybridized carbons (Fsp3) is 0.250. The lowest BCUT2D eigenvalue weighted by Gasteiger charge is -2.03. The summed E-state index contributed by atoms with van der Waals surface area (Å²) in [7, 11) is 0. The van der Waals surface area contributed by atoms with Crippen molar-refractivity contribution in [1.29, 1.82) is 0 Å². The van der Waals surface area contributed by atoms with Gasteiger partial charge >= 0.3 is 0 Å². The number of hydrogen-bond donors (Lipinski definition) is 1. The lowest BCUT2D eigenvalue weighted by molar-refractivity contribution is -0.114. The van der Waals surface area contributed by atoms with E-state index in [4.69, 9.17) is 5.73 Å². The molecule has 2 N–H and O–H groups in total. The van der Waals surface area contributed by atoms with Gasteiger partial charge in [-0.15, -0.1) is 0 Å². The van der Waals surface area contributed by atoms with Crippen molar-refractivity contribution in [1.82, 2.24) is 0 Å². The number of hydrogen-bond acceptors (Lipinski definition) is 1. The Labute approximate surface area is 83.4 Å². The van der Waals surface area contributed by atoms with Gasteiger partial charge in [0.05, 0.1) is 0 Å². The first-order chi connectivity index (χ1) is 6.79. The third-order valence-electron chi connectivity index (χ3n) is 2.64. The Bertz CT molecular complexity index is 379. The smallest absolute Gasteiger partial charge is 0.244 e. The Kier molecular flexibility index (Phi) is 2.35. The topological polar surface area (TPSA) is 43.1 Å². The first kappa shape index (κ1) is 9.00. The molecule has 0 bridgehead atoms. The molecule has 0 saturated heterocycles. The summed E-state index contributed by atoms with van der Waals surface area (Å²) >= 11 is 0. The zero-order valence-corrected chi connectivity index (χ0v) is 7.99. The van der Waals surface area contributed by atoms with Crippen molar-refractivity contribution in [3.05, 3.63) is 41.5 Å². The van der Waals surface area contributed by atoms with Crippen molar-refractivity contribution in [3.8, 4) is 0 Å². The molecule has 0 saturated carbocycles. The maximum Gasteiger partial charge on any atom is 0.244 e. The predicted molar refractivity (Wildman–Crippen MR) is 56.4 cm³/mol. The summed E-state index contributed by atoms with van der Waals surface area (Å²) in [6.07, 6.45) is 2.85. The van der Waals surface area contributed by atoms with Gasteiger partial charge in [-0.25, -0.2) is 0 Å². The van der Waals surface area contributed by atoms with E-state index in [2.05, 4.69) is 0 Å². The molecule has 1 aromatic carbocycles. The van der Waals surface area contributed by atoms with Crippen LogP contribution in [0.2, 0.25) is 0 Å². The summed E-state index contributed by atoms with van der Waals surface area (Å²) < 4.78 is 0. The molecule has 0 atom stereocenters. The van der Waals surface area contributed by atoms with E-state index in [0.717, 1.165) is 36.0 Å². The number of carbonyl (C=O) groups excluding carboxylic acids is 1. The van der Waals surface area contributed by atoms with Gasteiger partial charge in [-0.05, 0) is 30.4 Å². The highest BCUT2D eigenvalue weighted by Crippen LogP contribution is 2.33. The summed E-state index contributed by atoms with van der Waals surface area (Å²) in [5.41, 5.74) is 8.42. The van der Waals surface area contributed by atoms with Gasteiger partial charge in [0.2, 0.25) is 5.91 Å². The molecule has 1 amide bonds. The van der Waals surface area contributed by atoms with Crippen LogP contribution in [-0.4, -0.2) is 5.91 Å². The van der Waals surface area contributed by atoms with E-state index in [1.807, 2.05) is 30.3 Å². The third kappa shape index (κ3) is 1.55. The van der Waals surface area contributed by atoms with Crippen LogP contribution >= 0.6 is 0 Å². The Balaban J connectivity index is 2.43. The molecule has 1 aliphatic rings. The van der Waals surface area contributed by atoms with Gasteiger partial charge in [0.1, 0.15) is 0 Å². The van der Waals surface area contributed by atoms with Crippen molar-refractivity contribution in [3.63, 3.8) is 0 Å². The first-order valence-electron chi connectivity index (χ1n) is 4.86. The molecular weight excluding hydrogens is 174 g/mol. The van der Waals surface area contributed by atoms with Crippen molar-refractivity contribution >= 4 is 11.5 Å². The summed E-state index contributed by atoms with van der Waals surface area (Å²) in [6, 6.07) is 10.0. The predicted octanol–water partition coefficient (Wildman–Crippen LogP) is 2.11. The zero-order chi connectivity index (χ0) is 9.97. The van der Waals surface area contributed by atoms with E-state index >= 15 is 0 Å². The van der Waals surface area contributed by atoms with Crippen molar-refractivity contribution in [2.45, 2.75) is 19.3 Å². The minimum atomic E-state index is -0.263. The molecule has 0 aromatic heterocycles. The van der Waals surface area contributed by atoms with Crippen LogP contribution in [0, 0.1) is 0 Å². The Morgan fingerprint density at radius 2 is 1.86 bits per heavy atom. The van der Waals surface area contributed by atoms with Gasteiger partial charge in [0, 0.05) is 5.57 Å². The standard InChI is InChI=1S/C12H13NO/c13-12(14)11-8-4-7-10(11)9-5-2-1-3-6-9/h1-3,5-6H,4,7-8H2,(H2,13,14). The normalized spacial score (nSPS) is 16.0. The highest BCUT2D eigenvalue weighted by Gasteiger charge is 2.19. The summed E-state index contributed by atoms with van der Waals surface area (Å²) in [5, 5.41) is 0.